The second kappa shape index (κ2) is 7.81. The molecule has 3 aromatic rings. The fraction of sp³-hybridized carbons (Fsp3) is 0.368. The van der Waals surface area contributed by atoms with Gasteiger partial charge in [0.05, 0.1) is 17.6 Å². The summed E-state index contributed by atoms with van der Waals surface area (Å²) in [5.41, 5.74) is 1.74. The summed E-state index contributed by atoms with van der Waals surface area (Å²) in [6.07, 6.45) is 4.56. The number of carbonyl (C=O) groups is 1. The molecule has 3 aromatic heterocycles. The first-order chi connectivity index (χ1) is 13.6. The third-order valence-electron chi connectivity index (χ3n) is 4.79. The van der Waals surface area contributed by atoms with E-state index in [1.54, 1.807) is 16.9 Å². The maximum Gasteiger partial charge on any atom is 0.235 e. The molecule has 4 rings (SSSR count). The lowest BCUT2D eigenvalue weighted by Crippen LogP contribution is -2.14. The summed E-state index contributed by atoms with van der Waals surface area (Å²) in [6, 6.07) is 5.88. The minimum Gasteiger partial charge on any atom is -0.461 e. The lowest BCUT2D eigenvalue weighted by molar-refractivity contribution is -0.113. The van der Waals surface area contributed by atoms with Gasteiger partial charge in [-0.2, -0.15) is 5.26 Å². The van der Waals surface area contributed by atoms with Gasteiger partial charge < -0.3 is 14.3 Å². The van der Waals surface area contributed by atoms with Crippen LogP contribution in [-0.2, 0) is 24.7 Å². The van der Waals surface area contributed by atoms with Crippen LogP contribution < -0.4 is 5.32 Å². The molecular formula is C19H19N5O2S2. The van der Waals surface area contributed by atoms with Crippen LogP contribution in [0.5, 0.6) is 0 Å². The summed E-state index contributed by atoms with van der Waals surface area (Å²) in [5, 5.41) is 22.0. The smallest absolute Gasteiger partial charge is 0.235 e. The molecule has 0 saturated heterocycles. The predicted molar refractivity (Wildman–Crippen MR) is 108 cm³/mol. The second-order valence-corrected chi connectivity index (χ2v) is 8.89. The number of aromatic nitrogens is 3. The van der Waals surface area contributed by atoms with Crippen molar-refractivity contribution >= 4 is 34.0 Å². The average molecular weight is 414 g/mol. The Morgan fingerprint density at radius 3 is 3.14 bits per heavy atom. The van der Waals surface area contributed by atoms with Crippen LogP contribution in [0.2, 0.25) is 0 Å². The topological polar surface area (TPSA) is 96.7 Å². The maximum atomic E-state index is 12.5. The summed E-state index contributed by atoms with van der Waals surface area (Å²) in [5.74, 6) is 1.89. The van der Waals surface area contributed by atoms with Crippen LogP contribution >= 0.6 is 23.1 Å². The van der Waals surface area contributed by atoms with Crippen molar-refractivity contribution in [2.75, 3.05) is 11.1 Å². The Hall–Kier alpha value is -2.57. The van der Waals surface area contributed by atoms with Gasteiger partial charge in [0.1, 0.15) is 11.1 Å². The van der Waals surface area contributed by atoms with Gasteiger partial charge in [0.25, 0.3) is 0 Å². The predicted octanol–water partition coefficient (Wildman–Crippen LogP) is 3.86. The number of amides is 1. The second-order valence-electron chi connectivity index (χ2n) is 6.85. The van der Waals surface area contributed by atoms with E-state index in [1.165, 1.54) is 28.0 Å². The normalized spacial score (nSPS) is 15.8. The van der Waals surface area contributed by atoms with Gasteiger partial charge in [-0.05, 0) is 42.9 Å². The number of hydrogen-bond acceptors (Lipinski definition) is 7. The van der Waals surface area contributed by atoms with Crippen LogP contribution in [0.4, 0.5) is 5.00 Å². The summed E-state index contributed by atoms with van der Waals surface area (Å²) >= 11 is 2.84. The monoisotopic (exact) mass is 413 g/mol. The van der Waals surface area contributed by atoms with E-state index < -0.39 is 0 Å². The molecule has 0 spiro atoms. The van der Waals surface area contributed by atoms with E-state index >= 15 is 0 Å². The fourth-order valence-electron chi connectivity index (χ4n) is 3.31. The SMILES string of the molecule is CC1CCc2c(sc(NC(=O)CSc3nnc(-c4ccco4)n3C)c2C#N)C1. The molecule has 0 saturated carbocycles. The minimum absolute atomic E-state index is 0.157. The van der Waals surface area contributed by atoms with Gasteiger partial charge in [-0.25, -0.2) is 0 Å². The Kier molecular flexibility index (Phi) is 5.24. The summed E-state index contributed by atoms with van der Waals surface area (Å²) < 4.78 is 7.14. The molecule has 0 bridgehead atoms. The Bertz CT molecular complexity index is 1050. The molecule has 0 aromatic carbocycles. The maximum absolute atomic E-state index is 12.5. The number of nitrogens with one attached hydrogen (secondary N) is 1. The molecule has 1 aliphatic rings. The molecule has 1 atom stereocenters. The molecule has 28 heavy (non-hydrogen) atoms. The Balaban J connectivity index is 1.43. The highest BCUT2D eigenvalue weighted by atomic mass is 32.2. The van der Waals surface area contributed by atoms with E-state index in [2.05, 4.69) is 28.5 Å². The van der Waals surface area contributed by atoms with Crippen molar-refractivity contribution in [2.45, 2.75) is 31.3 Å². The van der Waals surface area contributed by atoms with Gasteiger partial charge in [-0.15, -0.1) is 21.5 Å². The zero-order valence-corrected chi connectivity index (χ0v) is 17.2. The third kappa shape index (κ3) is 3.57. The molecule has 3 heterocycles. The van der Waals surface area contributed by atoms with Crippen molar-refractivity contribution in [1.29, 1.82) is 5.26 Å². The van der Waals surface area contributed by atoms with E-state index in [4.69, 9.17) is 4.42 Å². The van der Waals surface area contributed by atoms with E-state index in [0.29, 0.717) is 33.2 Å². The largest absolute Gasteiger partial charge is 0.461 e. The van der Waals surface area contributed by atoms with Crippen molar-refractivity contribution in [3.8, 4) is 17.7 Å². The van der Waals surface area contributed by atoms with Crippen LogP contribution in [0.3, 0.4) is 0 Å². The molecule has 1 N–H and O–H groups in total. The first kappa shape index (κ1) is 18.8. The number of hydrogen-bond donors (Lipinski definition) is 1. The molecule has 1 amide bonds. The molecule has 0 radical (unpaired) electrons. The van der Waals surface area contributed by atoms with Gasteiger partial charge in [0.15, 0.2) is 16.7 Å². The van der Waals surface area contributed by atoms with Gasteiger partial charge in [0, 0.05) is 11.9 Å². The summed E-state index contributed by atoms with van der Waals surface area (Å²) in [7, 11) is 1.83. The van der Waals surface area contributed by atoms with E-state index in [9.17, 15) is 10.1 Å². The first-order valence-corrected chi connectivity index (χ1v) is 10.8. The number of nitriles is 1. The third-order valence-corrected chi connectivity index (χ3v) is 6.98. The Morgan fingerprint density at radius 2 is 2.39 bits per heavy atom. The van der Waals surface area contributed by atoms with Crippen LogP contribution in [0.15, 0.2) is 28.0 Å². The Morgan fingerprint density at radius 1 is 1.54 bits per heavy atom. The molecule has 7 nitrogen and oxygen atoms in total. The van der Waals surface area contributed by atoms with Gasteiger partial charge in [0.2, 0.25) is 5.91 Å². The highest BCUT2D eigenvalue weighted by molar-refractivity contribution is 7.99. The number of nitrogens with zero attached hydrogens (tertiary/aromatic N) is 4. The number of thiophene rings is 1. The van der Waals surface area contributed by atoms with Gasteiger partial charge in [-0.3, -0.25) is 4.79 Å². The van der Waals surface area contributed by atoms with Crippen molar-refractivity contribution in [3.05, 3.63) is 34.4 Å². The number of furan rings is 1. The quantitative estimate of drug-likeness (QED) is 0.638. The van der Waals surface area contributed by atoms with Gasteiger partial charge >= 0.3 is 0 Å². The number of anilines is 1. The van der Waals surface area contributed by atoms with E-state index in [1.807, 2.05) is 13.1 Å². The first-order valence-electron chi connectivity index (χ1n) is 8.97. The van der Waals surface area contributed by atoms with Crippen molar-refractivity contribution in [2.24, 2.45) is 13.0 Å². The van der Waals surface area contributed by atoms with Crippen LogP contribution in [0, 0.1) is 17.2 Å². The standard InChI is InChI=1S/C19H19N5O2S2/c1-11-5-6-12-13(9-20)18(28-15(12)8-11)21-16(25)10-27-19-23-22-17(24(19)2)14-4-3-7-26-14/h3-4,7,11H,5-6,8,10H2,1-2H3,(H,21,25). The number of fused-ring (bicyclic) bond motifs is 1. The van der Waals surface area contributed by atoms with Crippen LogP contribution in [0.25, 0.3) is 11.6 Å². The highest BCUT2D eigenvalue weighted by Gasteiger charge is 2.25. The zero-order valence-electron chi connectivity index (χ0n) is 15.6. The number of rotatable bonds is 5. The molecule has 144 valence electrons. The molecule has 1 unspecified atom stereocenters. The highest BCUT2D eigenvalue weighted by Crippen LogP contribution is 2.39. The minimum atomic E-state index is -0.157. The lowest BCUT2D eigenvalue weighted by Gasteiger charge is -2.17. The lowest BCUT2D eigenvalue weighted by atomic mass is 9.89. The summed E-state index contributed by atoms with van der Waals surface area (Å²) in [6.45, 7) is 2.22. The van der Waals surface area contributed by atoms with Crippen LogP contribution in [0.1, 0.15) is 29.3 Å². The Labute approximate surface area is 170 Å². The van der Waals surface area contributed by atoms with Crippen molar-refractivity contribution in [1.82, 2.24) is 14.8 Å². The number of thioether (sulfide) groups is 1. The summed E-state index contributed by atoms with van der Waals surface area (Å²) in [4.78, 5) is 13.7. The van der Waals surface area contributed by atoms with Crippen LogP contribution in [-0.4, -0.2) is 26.4 Å². The van der Waals surface area contributed by atoms with E-state index in [-0.39, 0.29) is 11.7 Å². The fourth-order valence-corrected chi connectivity index (χ4v) is 5.40. The molecule has 1 aliphatic carbocycles. The van der Waals surface area contributed by atoms with E-state index in [0.717, 1.165) is 24.8 Å². The number of carbonyl (C=O) groups excluding carboxylic acids is 1. The average Bonchev–Trinajstić information content (AvgIpc) is 3.38. The van der Waals surface area contributed by atoms with Crippen molar-refractivity contribution < 1.29 is 9.21 Å². The zero-order chi connectivity index (χ0) is 19.7. The molecule has 0 aliphatic heterocycles. The van der Waals surface area contributed by atoms with Gasteiger partial charge in [-0.1, -0.05) is 18.7 Å². The molecular weight excluding hydrogens is 394 g/mol. The van der Waals surface area contributed by atoms with Crippen molar-refractivity contribution in [3.63, 3.8) is 0 Å². The molecule has 9 heteroatoms. The molecule has 0 fully saturated rings.